The number of ether oxygens (including phenoxy) is 1. The molecule has 0 heterocycles. The summed E-state index contributed by atoms with van der Waals surface area (Å²) in [6.45, 7) is 0. The lowest BCUT2D eigenvalue weighted by Gasteiger charge is -2.07. The number of carbonyl (C=O) groups excluding carboxylic acids is 1. The third kappa shape index (κ3) is 2.32. The lowest BCUT2D eigenvalue weighted by atomic mass is 10.1. The predicted molar refractivity (Wildman–Crippen MR) is 55.7 cm³/mol. The molecule has 2 nitrogen and oxygen atoms in total. The second kappa shape index (κ2) is 5.10. The first-order valence-electron chi connectivity index (χ1n) is 4.12. The molecule has 0 saturated heterocycles. The zero-order valence-electron chi connectivity index (χ0n) is 7.72. The average Bonchev–Trinajstić information content (AvgIpc) is 2.17. The van der Waals surface area contributed by atoms with Crippen molar-refractivity contribution in [3.8, 4) is 5.75 Å². The van der Waals surface area contributed by atoms with Crippen LogP contribution < -0.4 is 4.74 Å². The molecule has 0 aliphatic rings. The highest BCUT2D eigenvalue weighted by Crippen LogP contribution is 2.23. The maximum Gasteiger partial charge on any atom is 0.167 e. The van der Waals surface area contributed by atoms with E-state index in [2.05, 4.69) is 15.9 Å². The number of hydrogen-bond acceptors (Lipinski definition) is 2. The van der Waals surface area contributed by atoms with Crippen molar-refractivity contribution >= 4 is 21.7 Å². The molecule has 76 valence electrons. The van der Waals surface area contributed by atoms with Crippen LogP contribution in [0.2, 0.25) is 0 Å². The fourth-order valence-electron chi connectivity index (χ4n) is 1.16. The molecule has 0 unspecified atom stereocenters. The van der Waals surface area contributed by atoms with Crippen LogP contribution in [0.5, 0.6) is 5.75 Å². The second-order valence-electron chi connectivity index (χ2n) is 2.68. The first-order chi connectivity index (χ1) is 6.70. The summed E-state index contributed by atoms with van der Waals surface area (Å²) in [4.78, 5) is 11.5. The van der Waals surface area contributed by atoms with Gasteiger partial charge in [-0.2, -0.15) is 0 Å². The van der Waals surface area contributed by atoms with Gasteiger partial charge in [-0.1, -0.05) is 22.0 Å². The van der Waals surface area contributed by atoms with Gasteiger partial charge in [-0.25, -0.2) is 4.39 Å². The number of Topliss-reactive ketones (excluding diaryl/α,β-unsaturated/α-hetero) is 1. The molecular formula is C10H10BrFO2. The minimum absolute atomic E-state index is 0.0263. The van der Waals surface area contributed by atoms with Gasteiger partial charge in [-0.15, -0.1) is 0 Å². The summed E-state index contributed by atoms with van der Waals surface area (Å²) >= 11 is 3.16. The average molecular weight is 261 g/mol. The maximum atomic E-state index is 13.2. The van der Waals surface area contributed by atoms with Crippen LogP contribution in [0.15, 0.2) is 18.2 Å². The summed E-state index contributed by atoms with van der Waals surface area (Å²) in [5, 5.41) is 0.561. The number of rotatable bonds is 4. The molecule has 0 aliphatic heterocycles. The number of hydrogen-bond donors (Lipinski definition) is 0. The zero-order valence-corrected chi connectivity index (χ0v) is 9.30. The molecule has 0 amide bonds. The fraction of sp³-hybridized carbons (Fsp3) is 0.300. The highest BCUT2D eigenvalue weighted by molar-refractivity contribution is 9.09. The Morgan fingerprint density at radius 3 is 2.86 bits per heavy atom. The largest absolute Gasteiger partial charge is 0.493 e. The van der Waals surface area contributed by atoms with E-state index in [9.17, 15) is 9.18 Å². The van der Waals surface area contributed by atoms with Gasteiger partial charge >= 0.3 is 0 Å². The van der Waals surface area contributed by atoms with E-state index in [-0.39, 0.29) is 11.5 Å². The summed E-state index contributed by atoms with van der Waals surface area (Å²) < 4.78 is 18.0. The lowest BCUT2D eigenvalue weighted by molar-refractivity contribution is 0.0986. The standard InChI is InChI=1S/C10H10BrFO2/c1-14-10-7(9(13)5-6-11)3-2-4-8(10)12/h2-4H,5-6H2,1H3. The minimum atomic E-state index is -0.507. The molecule has 1 aromatic carbocycles. The molecule has 1 rings (SSSR count). The highest BCUT2D eigenvalue weighted by Gasteiger charge is 2.14. The third-order valence-electron chi connectivity index (χ3n) is 1.79. The third-order valence-corrected chi connectivity index (χ3v) is 2.19. The van der Waals surface area contributed by atoms with E-state index in [0.29, 0.717) is 17.3 Å². The Bertz CT molecular complexity index is 339. The molecule has 0 radical (unpaired) electrons. The van der Waals surface area contributed by atoms with Crippen LogP contribution in [-0.2, 0) is 0 Å². The molecule has 0 aromatic heterocycles. The van der Waals surface area contributed by atoms with Crippen molar-refractivity contribution in [3.05, 3.63) is 29.6 Å². The molecule has 0 bridgehead atoms. The Labute approximate surface area is 90.2 Å². The first kappa shape index (κ1) is 11.2. The number of alkyl halides is 1. The van der Waals surface area contributed by atoms with Crippen molar-refractivity contribution < 1.29 is 13.9 Å². The molecule has 0 N–H and O–H groups in total. The molecule has 0 fully saturated rings. The van der Waals surface area contributed by atoms with Crippen LogP contribution in [0.4, 0.5) is 4.39 Å². The van der Waals surface area contributed by atoms with Gasteiger partial charge in [0.15, 0.2) is 17.3 Å². The second-order valence-corrected chi connectivity index (χ2v) is 3.48. The van der Waals surface area contributed by atoms with Crippen LogP contribution in [0, 0.1) is 5.82 Å². The maximum absolute atomic E-state index is 13.2. The number of halogens is 2. The number of ketones is 1. The van der Waals surface area contributed by atoms with Crippen LogP contribution in [-0.4, -0.2) is 18.2 Å². The topological polar surface area (TPSA) is 26.3 Å². The predicted octanol–water partition coefficient (Wildman–Crippen LogP) is 2.80. The van der Waals surface area contributed by atoms with Crippen molar-refractivity contribution in [1.82, 2.24) is 0 Å². The van der Waals surface area contributed by atoms with Crippen molar-refractivity contribution in [3.63, 3.8) is 0 Å². The van der Waals surface area contributed by atoms with E-state index >= 15 is 0 Å². The normalized spacial score (nSPS) is 9.93. The monoisotopic (exact) mass is 260 g/mol. The van der Waals surface area contributed by atoms with Crippen molar-refractivity contribution in [2.24, 2.45) is 0 Å². The molecule has 14 heavy (non-hydrogen) atoms. The number of para-hydroxylation sites is 1. The van der Waals surface area contributed by atoms with E-state index in [4.69, 9.17) is 4.74 Å². The SMILES string of the molecule is COc1c(F)cccc1C(=O)CCBr. The Morgan fingerprint density at radius 1 is 1.57 bits per heavy atom. The number of carbonyl (C=O) groups is 1. The fourth-order valence-corrected chi connectivity index (χ4v) is 1.52. The van der Waals surface area contributed by atoms with E-state index < -0.39 is 5.82 Å². The van der Waals surface area contributed by atoms with Crippen molar-refractivity contribution in [2.75, 3.05) is 12.4 Å². The van der Waals surface area contributed by atoms with Crippen LogP contribution in [0.3, 0.4) is 0 Å². The van der Waals surface area contributed by atoms with Gasteiger partial charge in [0, 0.05) is 11.8 Å². The summed E-state index contributed by atoms with van der Waals surface area (Å²) in [6.07, 6.45) is 0.333. The lowest BCUT2D eigenvalue weighted by Crippen LogP contribution is -2.04. The zero-order chi connectivity index (χ0) is 10.6. The van der Waals surface area contributed by atoms with Gasteiger partial charge in [-0.3, -0.25) is 4.79 Å². The Balaban J connectivity index is 3.07. The Morgan fingerprint density at radius 2 is 2.29 bits per heavy atom. The van der Waals surface area contributed by atoms with Gasteiger partial charge < -0.3 is 4.74 Å². The Kier molecular flexibility index (Phi) is 4.07. The molecule has 0 atom stereocenters. The summed E-state index contributed by atoms with van der Waals surface area (Å²) in [5.41, 5.74) is 0.298. The summed E-state index contributed by atoms with van der Waals surface area (Å²) in [6, 6.07) is 4.33. The molecule has 4 heteroatoms. The minimum Gasteiger partial charge on any atom is -0.493 e. The summed E-state index contributed by atoms with van der Waals surface area (Å²) in [5.74, 6) is -0.607. The Hall–Kier alpha value is -0.900. The number of benzene rings is 1. The quantitative estimate of drug-likeness (QED) is 0.615. The van der Waals surface area contributed by atoms with Crippen molar-refractivity contribution in [1.29, 1.82) is 0 Å². The molecular weight excluding hydrogens is 251 g/mol. The smallest absolute Gasteiger partial charge is 0.167 e. The van der Waals surface area contributed by atoms with Crippen LogP contribution in [0.1, 0.15) is 16.8 Å². The first-order valence-corrected chi connectivity index (χ1v) is 5.24. The van der Waals surface area contributed by atoms with Gasteiger partial charge in [0.2, 0.25) is 0 Å². The van der Waals surface area contributed by atoms with Crippen molar-refractivity contribution in [2.45, 2.75) is 6.42 Å². The van der Waals surface area contributed by atoms with E-state index in [0.717, 1.165) is 0 Å². The van der Waals surface area contributed by atoms with Gasteiger partial charge in [0.05, 0.1) is 12.7 Å². The van der Waals surface area contributed by atoms with Gasteiger partial charge in [-0.05, 0) is 12.1 Å². The van der Waals surface area contributed by atoms with E-state index in [1.165, 1.54) is 19.2 Å². The molecule has 0 aliphatic carbocycles. The van der Waals surface area contributed by atoms with Crippen LogP contribution in [0.25, 0.3) is 0 Å². The number of methoxy groups -OCH3 is 1. The molecule has 1 aromatic rings. The van der Waals surface area contributed by atoms with Gasteiger partial charge in [0.1, 0.15) is 0 Å². The summed E-state index contributed by atoms with van der Waals surface area (Å²) in [7, 11) is 1.35. The molecule has 0 saturated carbocycles. The molecule has 0 spiro atoms. The van der Waals surface area contributed by atoms with E-state index in [1.807, 2.05) is 0 Å². The van der Waals surface area contributed by atoms with E-state index in [1.54, 1.807) is 6.07 Å². The van der Waals surface area contributed by atoms with Gasteiger partial charge in [0.25, 0.3) is 0 Å². The van der Waals surface area contributed by atoms with Crippen LogP contribution >= 0.6 is 15.9 Å². The highest BCUT2D eigenvalue weighted by atomic mass is 79.9.